The molecule has 7 heteroatoms. The van der Waals surface area contributed by atoms with Crippen LogP contribution in [0.1, 0.15) is 20.3 Å². The lowest BCUT2D eigenvalue weighted by molar-refractivity contribution is -0.123. The number of para-hydroxylation sites is 2. The Hall–Kier alpha value is -3.61. The smallest absolute Gasteiger partial charge is 0.319 e. The second-order valence-electron chi connectivity index (χ2n) is 7.51. The van der Waals surface area contributed by atoms with Crippen LogP contribution in [0, 0.1) is 5.92 Å². The summed E-state index contributed by atoms with van der Waals surface area (Å²) in [7, 11) is 0. The van der Waals surface area contributed by atoms with Gasteiger partial charge >= 0.3 is 6.03 Å². The van der Waals surface area contributed by atoms with Crippen molar-refractivity contribution in [3.63, 3.8) is 0 Å². The zero-order valence-corrected chi connectivity index (χ0v) is 17.8. The van der Waals surface area contributed by atoms with Crippen molar-refractivity contribution in [3.8, 4) is 5.75 Å². The summed E-state index contributed by atoms with van der Waals surface area (Å²) < 4.78 is 5.85. The Kier molecular flexibility index (Phi) is 7.81. The van der Waals surface area contributed by atoms with E-state index in [0.29, 0.717) is 25.3 Å². The van der Waals surface area contributed by atoms with Gasteiger partial charge in [0.15, 0.2) is 0 Å². The van der Waals surface area contributed by atoms with Crippen LogP contribution in [-0.2, 0) is 4.79 Å². The molecule has 0 fully saturated rings. The van der Waals surface area contributed by atoms with Crippen LogP contribution in [0.4, 0.5) is 10.5 Å². The van der Waals surface area contributed by atoms with E-state index in [1.165, 1.54) is 0 Å². The third-order valence-electron chi connectivity index (χ3n) is 4.74. The van der Waals surface area contributed by atoms with Crippen molar-refractivity contribution >= 4 is 28.5 Å². The number of nitrogens with one attached hydrogen (secondary N) is 3. The molecule has 3 rings (SSSR count). The van der Waals surface area contributed by atoms with E-state index in [9.17, 15) is 9.59 Å². The van der Waals surface area contributed by atoms with E-state index in [0.717, 1.165) is 16.7 Å². The van der Waals surface area contributed by atoms with Crippen LogP contribution < -0.4 is 20.7 Å². The Balaban J connectivity index is 1.44. The summed E-state index contributed by atoms with van der Waals surface area (Å²) in [4.78, 5) is 29.2. The standard InChI is InChI=1S/C24H28N4O3/c1-17(2)21(28-24(30)27-19-11-4-3-5-12-19)23(29)26-15-8-16-31-20-13-6-9-18-10-7-14-25-22(18)20/h3-7,9-14,17,21H,8,15-16H2,1-2H3,(H,26,29)(H2,27,28,30). The molecule has 0 aliphatic heterocycles. The highest BCUT2D eigenvalue weighted by atomic mass is 16.5. The summed E-state index contributed by atoms with van der Waals surface area (Å²) in [5.74, 6) is 0.452. The molecular formula is C24H28N4O3. The Morgan fingerprint density at radius 2 is 1.77 bits per heavy atom. The van der Waals surface area contributed by atoms with Crippen molar-refractivity contribution in [2.45, 2.75) is 26.3 Å². The van der Waals surface area contributed by atoms with Crippen molar-refractivity contribution < 1.29 is 14.3 Å². The van der Waals surface area contributed by atoms with Crippen molar-refractivity contribution in [3.05, 3.63) is 66.9 Å². The lowest BCUT2D eigenvalue weighted by atomic mass is 10.0. The van der Waals surface area contributed by atoms with Gasteiger partial charge in [-0.2, -0.15) is 0 Å². The van der Waals surface area contributed by atoms with Crippen LogP contribution in [0.25, 0.3) is 10.9 Å². The van der Waals surface area contributed by atoms with Gasteiger partial charge in [-0.25, -0.2) is 4.79 Å². The fraction of sp³-hybridized carbons (Fsp3) is 0.292. The van der Waals surface area contributed by atoms with Crippen LogP contribution in [0.5, 0.6) is 5.75 Å². The van der Waals surface area contributed by atoms with E-state index in [2.05, 4.69) is 20.9 Å². The highest BCUT2D eigenvalue weighted by molar-refractivity contribution is 5.93. The van der Waals surface area contributed by atoms with Gasteiger partial charge in [0.2, 0.25) is 5.91 Å². The van der Waals surface area contributed by atoms with Crippen LogP contribution >= 0.6 is 0 Å². The minimum Gasteiger partial charge on any atom is -0.491 e. The molecule has 1 atom stereocenters. The van der Waals surface area contributed by atoms with Crippen LogP contribution in [0.3, 0.4) is 0 Å². The van der Waals surface area contributed by atoms with Gasteiger partial charge in [-0.3, -0.25) is 9.78 Å². The van der Waals surface area contributed by atoms with Gasteiger partial charge in [0.1, 0.15) is 17.3 Å². The Morgan fingerprint density at radius 3 is 2.55 bits per heavy atom. The van der Waals surface area contributed by atoms with E-state index in [-0.39, 0.29) is 11.8 Å². The topological polar surface area (TPSA) is 92.4 Å². The number of carbonyl (C=O) groups is 2. The number of hydrogen-bond acceptors (Lipinski definition) is 4. The van der Waals surface area contributed by atoms with Crippen LogP contribution in [-0.4, -0.2) is 36.1 Å². The number of nitrogens with zero attached hydrogens (tertiary/aromatic N) is 1. The third kappa shape index (κ3) is 6.44. The van der Waals surface area contributed by atoms with E-state index < -0.39 is 12.1 Å². The number of carbonyl (C=O) groups excluding carboxylic acids is 2. The van der Waals surface area contributed by atoms with Gasteiger partial charge < -0.3 is 20.7 Å². The number of urea groups is 1. The molecule has 2 aromatic carbocycles. The van der Waals surface area contributed by atoms with E-state index in [1.54, 1.807) is 18.3 Å². The predicted molar refractivity (Wildman–Crippen MR) is 122 cm³/mol. The zero-order valence-electron chi connectivity index (χ0n) is 17.8. The molecule has 3 N–H and O–H groups in total. The highest BCUT2D eigenvalue weighted by Gasteiger charge is 2.23. The molecule has 0 radical (unpaired) electrons. The molecule has 0 spiro atoms. The van der Waals surface area contributed by atoms with E-state index >= 15 is 0 Å². The predicted octanol–water partition coefficient (Wildman–Crippen LogP) is 3.97. The molecule has 0 aliphatic rings. The molecule has 0 bridgehead atoms. The van der Waals surface area contributed by atoms with Gasteiger partial charge in [-0.1, -0.05) is 50.2 Å². The normalized spacial score (nSPS) is 11.7. The Bertz CT molecular complexity index is 1000. The van der Waals surface area contributed by atoms with Crippen molar-refractivity contribution in [2.75, 3.05) is 18.5 Å². The van der Waals surface area contributed by atoms with Gasteiger partial charge in [0.05, 0.1) is 6.61 Å². The number of rotatable bonds is 9. The largest absolute Gasteiger partial charge is 0.491 e. The zero-order chi connectivity index (χ0) is 22.1. The Morgan fingerprint density at radius 1 is 1.00 bits per heavy atom. The third-order valence-corrected chi connectivity index (χ3v) is 4.74. The molecule has 3 aromatic rings. The lowest BCUT2D eigenvalue weighted by Gasteiger charge is -2.22. The first-order valence-electron chi connectivity index (χ1n) is 10.4. The van der Waals surface area contributed by atoms with Crippen molar-refractivity contribution in [2.24, 2.45) is 5.92 Å². The van der Waals surface area contributed by atoms with Gasteiger partial charge in [0, 0.05) is 23.8 Å². The molecule has 0 saturated carbocycles. The number of aromatic nitrogens is 1. The molecule has 7 nitrogen and oxygen atoms in total. The second-order valence-corrected chi connectivity index (χ2v) is 7.51. The maximum atomic E-state index is 12.6. The molecule has 1 unspecified atom stereocenters. The Labute approximate surface area is 182 Å². The molecular weight excluding hydrogens is 392 g/mol. The molecule has 0 saturated heterocycles. The maximum absolute atomic E-state index is 12.6. The molecule has 1 aromatic heterocycles. The fourth-order valence-electron chi connectivity index (χ4n) is 3.13. The minimum absolute atomic E-state index is 0.0560. The van der Waals surface area contributed by atoms with Gasteiger partial charge in [-0.15, -0.1) is 0 Å². The maximum Gasteiger partial charge on any atom is 0.319 e. The quantitative estimate of drug-likeness (QED) is 0.457. The fourth-order valence-corrected chi connectivity index (χ4v) is 3.13. The lowest BCUT2D eigenvalue weighted by Crippen LogP contribution is -2.51. The van der Waals surface area contributed by atoms with Gasteiger partial charge in [0.25, 0.3) is 0 Å². The first-order chi connectivity index (χ1) is 15.0. The van der Waals surface area contributed by atoms with Crippen LogP contribution in [0.15, 0.2) is 66.9 Å². The first kappa shape index (κ1) is 22.1. The second kappa shape index (κ2) is 11.0. The summed E-state index contributed by atoms with van der Waals surface area (Å²) in [6.45, 7) is 4.68. The number of amides is 3. The highest BCUT2D eigenvalue weighted by Crippen LogP contribution is 2.22. The number of pyridine rings is 1. The summed E-state index contributed by atoms with van der Waals surface area (Å²) in [5, 5.41) is 9.39. The summed E-state index contributed by atoms with van der Waals surface area (Å²) in [6, 6.07) is 17.7. The number of fused-ring (bicyclic) bond motifs is 1. The number of hydrogen-bond donors (Lipinski definition) is 3. The van der Waals surface area contributed by atoms with E-state index in [4.69, 9.17) is 4.74 Å². The van der Waals surface area contributed by atoms with Crippen molar-refractivity contribution in [1.82, 2.24) is 15.6 Å². The number of ether oxygens (including phenoxy) is 1. The average molecular weight is 421 g/mol. The molecule has 31 heavy (non-hydrogen) atoms. The van der Waals surface area contributed by atoms with Crippen LogP contribution in [0.2, 0.25) is 0 Å². The minimum atomic E-state index is -0.633. The monoisotopic (exact) mass is 420 g/mol. The SMILES string of the molecule is CC(C)C(NC(=O)Nc1ccccc1)C(=O)NCCCOc1cccc2cccnc12. The van der Waals surface area contributed by atoms with E-state index in [1.807, 2.05) is 62.4 Å². The number of anilines is 1. The molecule has 3 amide bonds. The van der Waals surface area contributed by atoms with Gasteiger partial charge in [-0.05, 0) is 36.6 Å². The average Bonchev–Trinajstić information content (AvgIpc) is 2.77. The number of benzene rings is 2. The summed E-state index contributed by atoms with van der Waals surface area (Å²) >= 11 is 0. The summed E-state index contributed by atoms with van der Waals surface area (Å²) in [6.07, 6.45) is 2.37. The molecule has 1 heterocycles. The summed E-state index contributed by atoms with van der Waals surface area (Å²) in [5.41, 5.74) is 1.49. The molecule has 0 aliphatic carbocycles. The van der Waals surface area contributed by atoms with Crippen molar-refractivity contribution in [1.29, 1.82) is 0 Å². The molecule has 162 valence electrons. The first-order valence-corrected chi connectivity index (χ1v) is 10.4.